The van der Waals surface area contributed by atoms with Crippen molar-refractivity contribution < 1.29 is 0 Å². The van der Waals surface area contributed by atoms with E-state index in [4.69, 9.17) is 17.3 Å². The maximum absolute atomic E-state index is 5.74. The highest BCUT2D eigenvalue weighted by Gasteiger charge is 2.25. The smallest absolute Gasteiger partial charge is 0.131 e. The highest BCUT2D eigenvalue weighted by molar-refractivity contribution is 6.29. The van der Waals surface area contributed by atoms with Crippen molar-refractivity contribution in [3.05, 3.63) is 23.4 Å². The quantitative estimate of drug-likeness (QED) is 0.709. The van der Waals surface area contributed by atoms with Gasteiger partial charge in [-0.15, -0.1) is 0 Å². The van der Waals surface area contributed by atoms with Crippen LogP contribution in [-0.4, -0.2) is 17.1 Å². The summed E-state index contributed by atoms with van der Waals surface area (Å²) in [7, 11) is 0. The molecule has 1 aliphatic rings. The molecule has 0 atom stereocenters. The van der Waals surface area contributed by atoms with Crippen molar-refractivity contribution in [3.8, 4) is 0 Å². The summed E-state index contributed by atoms with van der Waals surface area (Å²) >= 11 is 5.74. The fourth-order valence-corrected chi connectivity index (χ4v) is 1.64. The van der Waals surface area contributed by atoms with E-state index in [1.54, 1.807) is 6.07 Å². The standard InChI is InChI=1S/C9H12ClN3/c10-8-2-1-3-9(13-8)12-7-4-6(11)5-7/h1-3,6-7H,4-5,11H2,(H,12,13). The summed E-state index contributed by atoms with van der Waals surface area (Å²) in [5.74, 6) is 0.837. The first-order chi connectivity index (χ1) is 6.24. The lowest BCUT2D eigenvalue weighted by Gasteiger charge is -2.33. The zero-order chi connectivity index (χ0) is 9.26. The summed E-state index contributed by atoms with van der Waals surface area (Å²) in [6.07, 6.45) is 2.04. The van der Waals surface area contributed by atoms with Gasteiger partial charge in [0.15, 0.2) is 0 Å². The SMILES string of the molecule is NC1CC(Nc2cccc(Cl)n2)C1. The summed E-state index contributed by atoms with van der Waals surface area (Å²) in [5.41, 5.74) is 5.67. The van der Waals surface area contributed by atoms with Crippen molar-refractivity contribution in [2.24, 2.45) is 5.73 Å². The van der Waals surface area contributed by atoms with Gasteiger partial charge in [0.05, 0.1) is 0 Å². The van der Waals surface area contributed by atoms with E-state index in [0.29, 0.717) is 17.2 Å². The first-order valence-corrected chi connectivity index (χ1v) is 4.76. The number of nitrogens with two attached hydrogens (primary N) is 1. The maximum atomic E-state index is 5.74. The van der Waals surface area contributed by atoms with Crippen LogP contribution in [0.4, 0.5) is 5.82 Å². The first-order valence-electron chi connectivity index (χ1n) is 4.39. The fraction of sp³-hybridized carbons (Fsp3) is 0.444. The van der Waals surface area contributed by atoms with Crippen molar-refractivity contribution in [2.75, 3.05) is 5.32 Å². The lowest BCUT2D eigenvalue weighted by atomic mass is 9.88. The van der Waals surface area contributed by atoms with Gasteiger partial charge in [0.1, 0.15) is 11.0 Å². The molecule has 3 N–H and O–H groups in total. The molecule has 0 unspecified atom stereocenters. The predicted molar refractivity (Wildman–Crippen MR) is 53.9 cm³/mol. The molecule has 13 heavy (non-hydrogen) atoms. The highest BCUT2D eigenvalue weighted by atomic mass is 35.5. The van der Waals surface area contributed by atoms with Gasteiger partial charge in [-0.25, -0.2) is 4.98 Å². The van der Waals surface area contributed by atoms with Gasteiger partial charge >= 0.3 is 0 Å². The minimum atomic E-state index is 0.358. The van der Waals surface area contributed by atoms with Crippen molar-refractivity contribution >= 4 is 17.4 Å². The number of hydrogen-bond acceptors (Lipinski definition) is 3. The van der Waals surface area contributed by atoms with E-state index in [-0.39, 0.29) is 0 Å². The molecule has 0 aromatic carbocycles. The monoisotopic (exact) mass is 197 g/mol. The van der Waals surface area contributed by atoms with Crippen LogP contribution in [0.3, 0.4) is 0 Å². The Balaban J connectivity index is 1.94. The summed E-state index contributed by atoms with van der Waals surface area (Å²) in [6.45, 7) is 0. The zero-order valence-corrected chi connectivity index (χ0v) is 7.96. The van der Waals surface area contributed by atoms with Gasteiger partial charge in [-0.3, -0.25) is 0 Å². The lowest BCUT2D eigenvalue weighted by molar-refractivity contribution is 0.373. The average Bonchev–Trinajstić information content (AvgIpc) is 2.01. The topological polar surface area (TPSA) is 50.9 Å². The molecular weight excluding hydrogens is 186 g/mol. The molecule has 1 heterocycles. The molecule has 1 saturated carbocycles. The number of nitrogens with zero attached hydrogens (tertiary/aromatic N) is 1. The summed E-state index contributed by atoms with van der Waals surface area (Å²) in [6, 6.07) is 6.39. The van der Waals surface area contributed by atoms with E-state index in [2.05, 4.69) is 10.3 Å². The minimum absolute atomic E-state index is 0.358. The highest BCUT2D eigenvalue weighted by Crippen LogP contribution is 2.22. The molecule has 1 fully saturated rings. The van der Waals surface area contributed by atoms with Crippen LogP contribution in [0, 0.1) is 0 Å². The number of pyridine rings is 1. The number of rotatable bonds is 2. The Morgan fingerprint density at radius 3 is 2.85 bits per heavy atom. The van der Waals surface area contributed by atoms with Gasteiger partial charge in [-0.2, -0.15) is 0 Å². The third-order valence-corrected chi connectivity index (χ3v) is 2.45. The van der Waals surface area contributed by atoms with Crippen LogP contribution in [0.1, 0.15) is 12.8 Å². The summed E-state index contributed by atoms with van der Waals surface area (Å²) in [5, 5.41) is 3.80. The number of aromatic nitrogens is 1. The van der Waals surface area contributed by atoms with Gasteiger partial charge in [-0.05, 0) is 25.0 Å². The first kappa shape index (κ1) is 8.78. The Hall–Kier alpha value is -0.800. The number of halogens is 1. The molecule has 0 amide bonds. The second kappa shape index (κ2) is 3.52. The van der Waals surface area contributed by atoms with E-state index in [1.807, 2.05) is 12.1 Å². The Morgan fingerprint density at radius 2 is 2.23 bits per heavy atom. The molecule has 1 aromatic heterocycles. The molecule has 0 bridgehead atoms. The molecule has 2 rings (SSSR count). The molecule has 1 aliphatic carbocycles. The minimum Gasteiger partial charge on any atom is -0.367 e. The van der Waals surface area contributed by atoms with E-state index in [1.165, 1.54) is 0 Å². The second-order valence-electron chi connectivity index (χ2n) is 3.42. The van der Waals surface area contributed by atoms with Crippen LogP contribution < -0.4 is 11.1 Å². The molecule has 0 radical (unpaired) electrons. The van der Waals surface area contributed by atoms with Gasteiger partial charge in [0, 0.05) is 12.1 Å². The molecule has 3 nitrogen and oxygen atoms in total. The van der Waals surface area contributed by atoms with Crippen molar-refractivity contribution in [3.63, 3.8) is 0 Å². The third kappa shape index (κ3) is 2.11. The normalized spacial score (nSPS) is 26.6. The van der Waals surface area contributed by atoms with Crippen LogP contribution >= 0.6 is 11.6 Å². The van der Waals surface area contributed by atoms with Crippen LogP contribution in [0.25, 0.3) is 0 Å². The number of hydrogen-bond donors (Lipinski definition) is 2. The van der Waals surface area contributed by atoms with Crippen LogP contribution in [0.5, 0.6) is 0 Å². The van der Waals surface area contributed by atoms with Crippen molar-refractivity contribution in [1.29, 1.82) is 0 Å². The number of anilines is 1. The van der Waals surface area contributed by atoms with Crippen LogP contribution in [-0.2, 0) is 0 Å². The predicted octanol–water partition coefficient (Wildman–Crippen LogP) is 1.64. The van der Waals surface area contributed by atoms with Gasteiger partial charge in [0.25, 0.3) is 0 Å². The Labute approximate surface area is 82.3 Å². The largest absolute Gasteiger partial charge is 0.367 e. The Morgan fingerprint density at radius 1 is 1.46 bits per heavy atom. The molecule has 0 spiro atoms. The van der Waals surface area contributed by atoms with Crippen LogP contribution in [0.15, 0.2) is 18.2 Å². The molecule has 0 saturated heterocycles. The second-order valence-corrected chi connectivity index (χ2v) is 3.81. The number of nitrogens with one attached hydrogen (secondary N) is 1. The third-order valence-electron chi connectivity index (χ3n) is 2.24. The van der Waals surface area contributed by atoms with Crippen molar-refractivity contribution in [1.82, 2.24) is 4.98 Å². The Kier molecular flexibility index (Phi) is 2.38. The molecular formula is C9H12ClN3. The lowest BCUT2D eigenvalue weighted by Crippen LogP contribution is -2.44. The molecule has 70 valence electrons. The summed E-state index contributed by atoms with van der Waals surface area (Å²) in [4.78, 5) is 4.13. The van der Waals surface area contributed by atoms with Gasteiger partial charge in [-0.1, -0.05) is 17.7 Å². The Bertz CT molecular complexity index is 297. The average molecular weight is 198 g/mol. The van der Waals surface area contributed by atoms with Gasteiger partial charge in [0.2, 0.25) is 0 Å². The fourth-order valence-electron chi connectivity index (χ4n) is 1.48. The van der Waals surface area contributed by atoms with E-state index in [0.717, 1.165) is 18.7 Å². The maximum Gasteiger partial charge on any atom is 0.131 e. The zero-order valence-electron chi connectivity index (χ0n) is 7.20. The van der Waals surface area contributed by atoms with Crippen LogP contribution in [0.2, 0.25) is 5.15 Å². The van der Waals surface area contributed by atoms with E-state index in [9.17, 15) is 0 Å². The molecule has 0 aliphatic heterocycles. The van der Waals surface area contributed by atoms with E-state index < -0.39 is 0 Å². The van der Waals surface area contributed by atoms with Gasteiger partial charge < -0.3 is 11.1 Å². The van der Waals surface area contributed by atoms with Crippen molar-refractivity contribution in [2.45, 2.75) is 24.9 Å². The molecule has 1 aromatic rings. The molecule has 4 heteroatoms. The van der Waals surface area contributed by atoms with E-state index >= 15 is 0 Å². The summed E-state index contributed by atoms with van der Waals surface area (Å²) < 4.78 is 0.